The summed E-state index contributed by atoms with van der Waals surface area (Å²) in [4.78, 5) is 20.2. The van der Waals surface area contributed by atoms with Crippen LogP contribution in [0.1, 0.15) is 10.4 Å². The SMILES string of the molecule is CNN.CS(=O)(=O)Nc1ccc(-c2ccc(-c3cc(C=O)c4cnccc4n3)cc2)cc1. The molecule has 4 aromatic rings. The summed E-state index contributed by atoms with van der Waals surface area (Å²) in [5.41, 5.74) is 7.59. The third kappa shape index (κ3) is 5.73. The van der Waals surface area contributed by atoms with Crippen LogP contribution in [0.2, 0.25) is 0 Å². The summed E-state index contributed by atoms with van der Waals surface area (Å²) in [7, 11) is -1.65. The maximum Gasteiger partial charge on any atom is 0.229 e. The lowest BCUT2D eigenvalue weighted by atomic mass is 10.0. The monoisotopic (exact) mass is 449 g/mol. The molecule has 0 bridgehead atoms. The maximum atomic E-state index is 11.5. The van der Waals surface area contributed by atoms with E-state index < -0.39 is 10.0 Å². The lowest BCUT2D eigenvalue weighted by molar-refractivity contribution is 0.112. The molecule has 0 saturated heterocycles. The number of nitrogens with two attached hydrogens (primary N) is 1. The molecule has 0 aliphatic heterocycles. The van der Waals surface area contributed by atoms with Gasteiger partial charge in [0.1, 0.15) is 0 Å². The number of carbonyl (C=O) groups is 1. The average molecular weight is 450 g/mol. The second kappa shape index (κ2) is 10.1. The first-order valence-electron chi connectivity index (χ1n) is 9.60. The van der Waals surface area contributed by atoms with E-state index in [1.54, 1.807) is 43.7 Å². The highest BCUT2D eigenvalue weighted by molar-refractivity contribution is 7.92. The van der Waals surface area contributed by atoms with Crippen LogP contribution in [0.15, 0.2) is 73.1 Å². The average Bonchev–Trinajstić information content (AvgIpc) is 2.78. The minimum Gasteiger partial charge on any atom is -0.298 e. The molecule has 2 aromatic heterocycles. The van der Waals surface area contributed by atoms with Crippen LogP contribution in [0.5, 0.6) is 0 Å². The Kier molecular flexibility index (Phi) is 7.26. The molecule has 164 valence electrons. The lowest BCUT2D eigenvalue weighted by Crippen LogP contribution is -2.13. The van der Waals surface area contributed by atoms with Gasteiger partial charge in [0.2, 0.25) is 10.0 Å². The van der Waals surface area contributed by atoms with Crippen LogP contribution in [0.4, 0.5) is 5.69 Å². The summed E-state index contributed by atoms with van der Waals surface area (Å²) in [6, 6.07) is 18.5. The minimum atomic E-state index is -3.30. The molecule has 0 aliphatic rings. The first-order chi connectivity index (χ1) is 15.3. The van der Waals surface area contributed by atoms with Crippen LogP contribution in [-0.4, -0.2) is 38.0 Å². The van der Waals surface area contributed by atoms with Gasteiger partial charge in [-0.2, -0.15) is 0 Å². The molecule has 0 saturated carbocycles. The number of hydrogen-bond donors (Lipinski definition) is 3. The summed E-state index contributed by atoms with van der Waals surface area (Å²) in [6.45, 7) is 0. The number of nitrogens with zero attached hydrogens (tertiary/aromatic N) is 2. The Morgan fingerprint density at radius 3 is 2.06 bits per heavy atom. The van der Waals surface area contributed by atoms with E-state index in [-0.39, 0.29) is 0 Å². The fraction of sp³-hybridized carbons (Fsp3) is 0.0870. The molecule has 4 rings (SSSR count). The van der Waals surface area contributed by atoms with Crippen LogP contribution in [0.25, 0.3) is 33.3 Å². The lowest BCUT2D eigenvalue weighted by Gasteiger charge is -2.08. The van der Waals surface area contributed by atoms with Crippen LogP contribution in [0.3, 0.4) is 0 Å². The summed E-state index contributed by atoms with van der Waals surface area (Å²) in [6.07, 6.45) is 5.23. The van der Waals surface area contributed by atoms with Gasteiger partial charge in [0.25, 0.3) is 0 Å². The Bertz CT molecular complexity index is 1320. The van der Waals surface area contributed by atoms with E-state index in [0.717, 1.165) is 40.1 Å². The molecule has 0 aliphatic carbocycles. The standard InChI is InChI=1S/C22H17N3O3S.CH6N2/c1-29(27,28)25-19-8-6-16(7-9-19)15-2-4-17(5-3-15)22-12-18(14-26)20-13-23-11-10-21(20)24-22;1-3-2/h2-14,25H,1H3;3H,2H2,1H3. The van der Waals surface area contributed by atoms with Crippen molar-refractivity contribution in [2.45, 2.75) is 0 Å². The minimum absolute atomic E-state index is 0.518. The molecular weight excluding hydrogens is 426 g/mol. The maximum absolute atomic E-state index is 11.5. The van der Waals surface area contributed by atoms with E-state index in [9.17, 15) is 13.2 Å². The topological polar surface area (TPSA) is 127 Å². The summed E-state index contributed by atoms with van der Waals surface area (Å²) < 4.78 is 25.1. The predicted octanol–water partition coefficient (Wildman–Crippen LogP) is 3.23. The number of benzene rings is 2. The number of nitrogens with one attached hydrogen (secondary N) is 2. The van der Waals surface area contributed by atoms with E-state index in [2.05, 4.69) is 26.0 Å². The van der Waals surface area contributed by atoms with Gasteiger partial charge in [-0.05, 0) is 42.4 Å². The van der Waals surface area contributed by atoms with Crippen molar-refractivity contribution in [1.82, 2.24) is 15.4 Å². The van der Waals surface area contributed by atoms with Gasteiger partial charge in [0, 0.05) is 34.6 Å². The number of aromatic nitrogens is 2. The Morgan fingerprint density at radius 2 is 1.50 bits per heavy atom. The van der Waals surface area contributed by atoms with Gasteiger partial charge in [0.05, 0.1) is 17.5 Å². The van der Waals surface area contributed by atoms with Crippen LogP contribution in [-0.2, 0) is 10.0 Å². The van der Waals surface area contributed by atoms with Crippen molar-refractivity contribution >= 4 is 32.9 Å². The number of aldehydes is 1. The number of sulfonamides is 1. The van der Waals surface area contributed by atoms with Crippen molar-refractivity contribution in [2.75, 3.05) is 18.0 Å². The third-order valence-electron chi connectivity index (χ3n) is 4.47. The van der Waals surface area contributed by atoms with Gasteiger partial charge < -0.3 is 0 Å². The molecule has 0 fully saturated rings. The number of carbonyl (C=O) groups excluding carboxylic acids is 1. The van der Waals surface area contributed by atoms with Crippen LogP contribution >= 0.6 is 0 Å². The van der Waals surface area contributed by atoms with Crippen molar-refractivity contribution in [1.29, 1.82) is 0 Å². The number of hydrazine groups is 1. The molecule has 0 amide bonds. The van der Waals surface area contributed by atoms with Gasteiger partial charge in [0.15, 0.2) is 6.29 Å². The molecule has 4 N–H and O–H groups in total. The molecule has 8 nitrogen and oxygen atoms in total. The highest BCUT2D eigenvalue weighted by Gasteiger charge is 2.08. The zero-order chi connectivity index (χ0) is 23.1. The van der Waals surface area contributed by atoms with Gasteiger partial charge in [-0.25, -0.2) is 13.4 Å². The number of pyridine rings is 2. The third-order valence-corrected chi connectivity index (χ3v) is 5.08. The van der Waals surface area contributed by atoms with Crippen molar-refractivity contribution in [3.8, 4) is 22.4 Å². The Hall–Kier alpha value is -3.66. The summed E-state index contributed by atoms with van der Waals surface area (Å²) >= 11 is 0. The van der Waals surface area contributed by atoms with Crippen molar-refractivity contribution in [3.63, 3.8) is 0 Å². The van der Waals surface area contributed by atoms with Crippen molar-refractivity contribution in [2.24, 2.45) is 5.84 Å². The molecule has 2 aromatic carbocycles. The molecule has 9 heteroatoms. The van der Waals surface area contributed by atoms with Crippen molar-refractivity contribution in [3.05, 3.63) is 78.6 Å². The number of anilines is 1. The quantitative estimate of drug-likeness (QED) is 0.242. The number of rotatable bonds is 5. The fourth-order valence-electron chi connectivity index (χ4n) is 3.12. The van der Waals surface area contributed by atoms with E-state index in [0.29, 0.717) is 16.9 Å². The highest BCUT2D eigenvalue weighted by Crippen LogP contribution is 2.27. The normalized spacial score (nSPS) is 10.8. The first-order valence-corrected chi connectivity index (χ1v) is 11.5. The largest absolute Gasteiger partial charge is 0.298 e. The second-order valence-corrected chi connectivity index (χ2v) is 8.67. The zero-order valence-corrected chi connectivity index (χ0v) is 18.4. The van der Waals surface area contributed by atoms with Crippen LogP contribution in [0, 0.1) is 0 Å². The second-order valence-electron chi connectivity index (χ2n) is 6.93. The Labute approximate surface area is 186 Å². The Balaban J connectivity index is 0.000000913. The fourth-order valence-corrected chi connectivity index (χ4v) is 3.68. The van der Waals surface area contributed by atoms with E-state index in [1.807, 2.05) is 36.4 Å². The van der Waals surface area contributed by atoms with Crippen molar-refractivity contribution < 1.29 is 13.2 Å². The van der Waals surface area contributed by atoms with Gasteiger partial charge >= 0.3 is 0 Å². The number of fused-ring (bicyclic) bond motifs is 1. The van der Waals surface area contributed by atoms with Gasteiger partial charge in [-0.1, -0.05) is 36.4 Å². The molecule has 0 spiro atoms. The van der Waals surface area contributed by atoms with Gasteiger partial charge in [-0.3, -0.25) is 25.8 Å². The Morgan fingerprint density at radius 1 is 0.938 bits per heavy atom. The molecule has 0 unspecified atom stereocenters. The van der Waals surface area contributed by atoms with Gasteiger partial charge in [-0.15, -0.1) is 0 Å². The zero-order valence-electron chi connectivity index (χ0n) is 17.6. The van der Waals surface area contributed by atoms with E-state index in [1.165, 1.54) is 0 Å². The molecule has 32 heavy (non-hydrogen) atoms. The smallest absolute Gasteiger partial charge is 0.229 e. The predicted molar refractivity (Wildman–Crippen MR) is 128 cm³/mol. The highest BCUT2D eigenvalue weighted by atomic mass is 32.2. The number of hydrogen-bond acceptors (Lipinski definition) is 7. The molecular formula is C23H23N5O3S. The molecule has 2 heterocycles. The van der Waals surface area contributed by atoms with Crippen LogP contribution < -0.4 is 16.0 Å². The van der Waals surface area contributed by atoms with E-state index in [4.69, 9.17) is 0 Å². The van der Waals surface area contributed by atoms with E-state index >= 15 is 0 Å². The summed E-state index contributed by atoms with van der Waals surface area (Å²) in [5.74, 6) is 4.60. The first kappa shape index (κ1) is 23.0. The molecule has 0 radical (unpaired) electrons. The molecule has 0 atom stereocenters. The summed E-state index contributed by atoms with van der Waals surface area (Å²) in [5, 5.41) is 0.727.